The van der Waals surface area contributed by atoms with Crippen molar-refractivity contribution in [2.75, 3.05) is 5.32 Å². The van der Waals surface area contributed by atoms with Crippen LogP contribution in [0.4, 0.5) is 5.95 Å². The SMILES string of the molecule is Cc1cc2nc(NC(=O)CCc3ccccc3)nn2cc1-n1ccnc1. The van der Waals surface area contributed by atoms with Gasteiger partial charge in [-0.1, -0.05) is 30.3 Å². The van der Waals surface area contributed by atoms with Crippen molar-refractivity contribution in [3.8, 4) is 5.69 Å². The Labute approximate surface area is 150 Å². The lowest BCUT2D eigenvalue weighted by Gasteiger charge is -2.06. The third-order valence-electron chi connectivity index (χ3n) is 4.17. The minimum absolute atomic E-state index is 0.101. The number of aryl methyl sites for hydroxylation is 2. The highest BCUT2D eigenvalue weighted by Gasteiger charge is 2.11. The number of hydrogen-bond donors (Lipinski definition) is 1. The summed E-state index contributed by atoms with van der Waals surface area (Å²) in [6.45, 7) is 2.00. The number of carbonyl (C=O) groups excluding carboxylic acids is 1. The molecule has 0 spiro atoms. The fraction of sp³-hybridized carbons (Fsp3) is 0.158. The Kier molecular flexibility index (Phi) is 4.18. The molecule has 0 saturated heterocycles. The van der Waals surface area contributed by atoms with Gasteiger partial charge in [0.2, 0.25) is 11.9 Å². The monoisotopic (exact) mass is 346 g/mol. The molecule has 1 N–H and O–H groups in total. The summed E-state index contributed by atoms with van der Waals surface area (Å²) in [6, 6.07) is 11.9. The second-order valence-electron chi connectivity index (χ2n) is 6.08. The summed E-state index contributed by atoms with van der Waals surface area (Å²) in [6.07, 6.45) is 8.28. The number of hydrogen-bond acceptors (Lipinski definition) is 4. The lowest BCUT2D eigenvalue weighted by molar-refractivity contribution is -0.116. The molecule has 0 bridgehead atoms. The largest absolute Gasteiger partial charge is 0.304 e. The van der Waals surface area contributed by atoms with Gasteiger partial charge in [0.25, 0.3) is 0 Å². The number of fused-ring (bicyclic) bond motifs is 1. The van der Waals surface area contributed by atoms with Crippen LogP contribution in [0.5, 0.6) is 0 Å². The fourth-order valence-electron chi connectivity index (χ4n) is 2.83. The molecule has 0 atom stereocenters. The molecular weight excluding hydrogens is 328 g/mol. The van der Waals surface area contributed by atoms with E-state index in [9.17, 15) is 4.79 Å². The van der Waals surface area contributed by atoms with E-state index in [2.05, 4.69) is 20.4 Å². The molecular formula is C19H18N6O. The number of carbonyl (C=O) groups is 1. The summed E-state index contributed by atoms with van der Waals surface area (Å²) in [5.74, 6) is 0.210. The Morgan fingerprint density at radius 1 is 1.23 bits per heavy atom. The maximum absolute atomic E-state index is 12.2. The van der Waals surface area contributed by atoms with Crippen molar-refractivity contribution < 1.29 is 4.79 Å². The Morgan fingerprint density at radius 3 is 2.85 bits per heavy atom. The zero-order valence-corrected chi connectivity index (χ0v) is 14.3. The fourth-order valence-corrected chi connectivity index (χ4v) is 2.83. The van der Waals surface area contributed by atoms with Gasteiger partial charge >= 0.3 is 0 Å². The molecule has 7 heteroatoms. The van der Waals surface area contributed by atoms with Crippen LogP contribution >= 0.6 is 0 Å². The van der Waals surface area contributed by atoms with Crippen molar-refractivity contribution in [2.24, 2.45) is 0 Å². The molecule has 0 radical (unpaired) electrons. The number of pyridine rings is 1. The minimum Gasteiger partial charge on any atom is -0.304 e. The summed E-state index contributed by atoms with van der Waals surface area (Å²) in [4.78, 5) is 20.6. The number of nitrogens with one attached hydrogen (secondary N) is 1. The summed E-state index contributed by atoms with van der Waals surface area (Å²) in [5, 5.41) is 7.13. The normalized spacial score (nSPS) is 11.0. The molecule has 4 rings (SSSR count). The molecule has 26 heavy (non-hydrogen) atoms. The number of benzene rings is 1. The zero-order valence-electron chi connectivity index (χ0n) is 14.3. The second kappa shape index (κ2) is 6.79. The number of nitrogens with zero attached hydrogens (tertiary/aromatic N) is 5. The first-order valence-electron chi connectivity index (χ1n) is 8.38. The van der Waals surface area contributed by atoms with Gasteiger partial charge in [-0.3, -0.25) is 10.1 Å². The van der Waals surface area contributed by atoms with Crippen molar-refractivity contribution in [2.45, 2.75) is 19.8 Å². The van der Waals surface area contributed by atoms with Crippen molar-refractivity contribution in [3.05, 3.63) is 72.4 Å². The molecule has 0 unspecified atom stereocenters. The Bertz CT molecular complexity index is 1040. The predicted octanol–water partition coefficient (Wildman–Crippen LogP) is 2.79. The van der Waals surface area contributed by atoms with E-state index in [0.717, 1.165) is 16.8 Å². The topological polar surface area (TPSA) is 77.1 Å². The summed E-state index contributed by atoms with van der Waals surface area (Å²) >= 11 is 0. The lowest BCUT2D eigenvalue weighted by atomic mass is 10.1. The van der Waals surface area contributed by atoms with Crippen LogP contribution in [0.25, 0.3) is 11.3 Å². The summed E-state index contributed by atoms with van der Waals surface area (Å²) in [5.41, 5.74) is 3.82. The van der Waals surface area contributed by atoms with Crippen LogP contribution in [0.1, 0.15) is 17.5 Å². The predicted molar refractivity (Wildman–Crippen MR) is 98.2 cm³/mol. The van der Waals surface area contributed by atoms with Gasteiger partial charge in [-0.05, 0) is 30.5 Å². The van der Waals surface area contributed by atoms with Crippen molar-refractivity contribution in [1.82, 2.24) is 24.1 Å². The standard InChI is InChI=1S/C19H18N6O/c1-14-11-17-21-19(22-18(26)8-7-15-5-3-2-4-6-15)23-25(17)12-16(14)24-10-9-20-13-24/h2-6,9-13H,7-8H2,1H3,(H,22,23,26). The molecule has 3 aromatic heterocycles. The highest BCUT2D eigenvalue weighted by Crippen LogP contribution is 2.16. The van der Waals surface area contributed by atoms with E-state index in [-0.39, 0.29) is 5.91 Å². The van der Waals surface area contributed by atoms with Gasteiger partial charge in [0, 0.05) is 18.8 Å². The Morgan fingerprint density at radius 2 is 2.08 bits per heavy atom. The Hall–Kier alpha value is -3.48. The van der Waals surface area contributed by atoms with Crippen LogP contribution in [-0.2, 0) is 11.2 Å². The maximum Gasteiger partial charge on any atom is 0.249 e. The van der Waals surface area contributed by atoms with Crippen molar-refractivity contribution in [3.63, 3.8) is 0 Å². The highest BCUT2D eigenvalue weighted by molar-refractivity contribution is 5.89. The van der Waals surface area contributed by atoms with Gasteiger partial charge in [-0.15, -0.1) is 5.10 Å². The molecule has 130 valence electrons. The van der Waals surface area contributed by atoms with E-state index in [0.29, 0.717) is 24.4 Å². The first kappa shape index (κ1) is 16.0. The molecule has 1 amide bonds. The average molecular weight is 346 g/mol. The third-order valence-corrected chi connectivity index (χ3v) is 4.17. The van der Waals surface area contributed by atoms with E-state index in [1.54, 1.807) is 17.0 Å². The summed E-state index contributed by atoms with van der Waals surface area (Å²) in [7, 11) is 0. The van der Waals surface area contributed by atoms with Crippen LogP contribution in [0.3, 0.4) is 0 Å². The van der Waals surface area contributed by atoms with Gasteiger partial charge in [-0.25, -0.2) is 9.50 Å². The van der Waals surface area contributed by atoms with E-state index >= 15 is 0 Å². The van der Waals surface area contributed by atoms with Gasteiger partial charge in [0.1, 0.15) is 0 Å². The van der Waals surface area contributed by atoms with Crippen molar-refractivity contribution >= 4 is 17.5 Å². The Balaban J connectivity index is 1.49. The number of rotatable bonds is 5. The first-order valence-corrected chi connectivity index (χ1v) is 8.38. The van der Waals surface area contributed by atoms with Gasteiger partial charge < -0.3 is 4.57 Å². The van der Waals surface area contributed by atoms with Gasteiger partial charge in [0.15, 0.2) is 5.65 Å². The van der Waals surface area contributed by atoms with E-state index in [1.165, 1.54) is 0 Å². The van der Waals surface area contributed by atoms with Crippen LogP contribution < -0.4 is 5.32 Å². The van der Waals surface area contributed by atoms with Gasteiger partial charge in [0.05, 0.1) is 18.2 Å². The number of anilines is 1. The molecule has 0 fully saturated rings. The molecule has 0 aliphatic carbocycles. The maximum atomic E-state index is 12.2. The van der Waals surface area contributed by atoms with E-state index < -0.39 is 0 Å². The quantitative estimate of drug-likeness (QED) is 0.603. The van der Waals surface area contributed by atoms with E-state index in [1.807, 2.05) is 60.3 Å². The molecule has 0 saturated carbocycles. The number of aromatic nitrogens is 5. The van der Waals surface area contributed by atoms with Crippen LogP contribution in [-0.4, -0.2) is 30.1 Å². The van der Waals surface area contributed by atoms with Gasteiger partial charge in [-0.2, -0.15) is 4.98 Å². The zero-order chi connectivity index (χ0) is 17.9. The third kappa shape index (κ3) is 3.32. The smallest absolute Gasteiger partial charge is 0.249 e. The lowest BCUT2D eigenvalue weighted by Crippen LogP contribution is -2.13. The second-order valence-corrected chi connectivity index (χ2v) is 6.08. The summed E-state index contributed by atoms with van der Waals surface area (Å²) < 4.78 is 3.57. The number of amides is 1. The highest BCUT2D eigenvalue weighted by atomic mass is 16.1. The number of imidazole rings is 1. The average Bonchev–Trinajstić information content (AvgIpc) is 3.29. The molecule has 3 heterocycles. The van der Waals surface area contributed by atoms with Crippen LogP contribution in [0, 0.1) is 6.92 Å². The minimum atomic E-state index is -0.101. The van der Waals surface area contributed by atoms with Crippen LogP contribution in [0.2, 0.25) is 0 Å². The van der Waals surface area contributed by atoms with E-state index in [4.69, 9.17) is 0 Å². The molecule has 4 aromatic rings. The molecule has 0 aliphatic rings. The van der Waals surface area contributed by atoms with Crippen LogP contribution in [0.15, 0.2) is 61.3 Å². The molecule has 7 nitrogen and oxygen atoms in total. The molecule has 0 aliphatic heterocycles. The molecule has 1 aromatic carbocycles. The first-order chi connectivity index (χ1) is 12.7. The van der Waals surface area contributed by atoms with Crippen molar-refractivity contribution in [1.29, 1.82) is 0 Å².